The van der Waals surface area contributed by atoms with Crippen LogP contribution < -0.4 is 5.32 Å². The summed E-state index contributed by atoms with van der Waals surface area (Å²) in [5.41, 5.74) is 0.570. The van der Waals surface area contributed by atoms with E-state index < -0.39 is 0 Å². The first kappa shape index (κ1) is 11.4. The van der Waals surface area contributed by atoms with Crippen molar-refractivity contribution in [3.63, 3.8) is 0 Å². The van der Waals surface area contributed by atoms with Gasteiger partial charge in [0.1, 0.15) is 10.7 Å². The zero-order valence-electron chi connectivity index (χ0n) is 7.78. The second-order valence-electron chi connectivity index (χ2n) is 2.86. The van der Waals surface area contributed by atoms with Gasteiger partial charge in [-0.3, -0.25) is 4.79 Å². The fourth-order valence-electron chi connectivity index (χ4n) is 1.04. The minimum absolute atomic E-state index is 0.292. The number of nitrogens with zero attached hydrogens (tertiary/aromatic N) is 2. The van der Waals surface area contributed by atoms with Gasteiger partial charge in [-0.2, -0.15) is 0 Å². The molecule has 1 aromatic carbocycles. The average Bonchev–Trinajstić information content (AvgIpc) is 2.75. The Morgan fingerprint density at radius 3 is 2.94 bits per heavy atom. The fraction of sp³-hybridized carbons (Fsp3) is 0. The first-order valence-corrected chi connectivity index (χ1v) is 6.06. The number of rotatable bonds is 2. The summed E-state index contributed by atoms with van der Waals surface area (Å²) < 4.78 is 17.1. The average molecular weight is 349 g/mol. The summed E-state index contributed by atoms with van der Waals surface area (Å²) in [4.78, 5) is 12.1. The molecule has 2 aromatic rings. The molecule has 2 rings (SSSR count). The van der Waals surface area contributed by atoms with Crippen molar-refractivity contribution in [3.8, 4) is 0 Å². The van der Waals surface area contributed by atoms with E-state index in [9.17, 15) is 9.18 Å². The van der Waals surface area contributed by atoms with Crippen LogP contribution in [0.25, 0.3) is 0 Å². The SMILES string of the molecule is O=C(Nc1ccc(F)cc1I)c1cnns1. The largest absolute Gasteiger partial charge is 0.320 e. The van der Waals surface area contributed by atoms with Crippen LogP contribution >= 0.6 is 34.1 Å². The Bertz CT molecular complexity index is 517. The Hall–Kier alpha value is -1.09. The Labute approximate surface area is 108 Å². The minimum atomic E-state index is -0.332. The van der Waals surface area contributed by atoms with Crippen LogP contribution in [0.4, 0.5) is 10.1 Å². The van der Waals surface area contributed by atoms with Crippen molar-refractivity contribution in [1.29, 1.82) is 0 Å². The molecule has 0 unspecified atom stereocenters. The molecule has 82 valence electrons. The molecule has 7 heteroatoms. The third-order valence-electron chi connectivity index (χ3n) is 1.76. The van der Waals surface area contributed by atoms with Gasteiger partial charge in [-0.05, 0) is 52.3 Å². The van der Waals surface area contributed by atoms with Crippen molar-refractivity contribution in [2.45, 2.75) is 0 Å². The molecule has 1 aromatic heterocycles. The maximum absolute atomic E-state index is 12.8. The Morgan fingerprint density at radius 2 is 2.31 bits per heavy atom. The van der Waals surface area contributed by atoms with Crippen molar-refractivity contribution >= 4 is 45.7 Å². The summed E-state index contributed by atoms with van der Waals surface area (Å²) in [6, 6.07) is 4.16. The first-order valence-electron chi connectivity index (χ1n) is 4.20. The third-order valence-corrected chi connectivity index (χ3v) is 3.32. The summed E-state index contributed by atoms with van der Waals surface area (Å²) >= 11 is 2.96. The normalized spacial score (nSPS) is 10.1. The standard InChI is InChI=1S/C9H5FIN3OS/c10-5-1-2-7(6(11)3-5)13-9(15)8-4-12-14-16-8/h1-4H,(H,13,15). The van der Waals surface area contributed by atoms with Crippen molar-refractivity contribution in [1.82, 2.24) is 9.59 Å². The lowest BCUT2D eigenvalue weighted by molar-refractivity contribution is 0.103. The van der Waals surface area contributed by atoms with E-state index in [-0.39, 0.29) is 11.7 Å². The predicted molar refractivity (Wildman–Crippen MR) is 67.0 cm³/mol. The smallest absolute Gasteiger partial charge is 0.269 e. The van der Waals surface area contributed by atoms with E-state index in [1.165, 1.54) is 24.4 Å². The van der Waals surface area contributed by atoms with E-state index in [2.05, 4.69) is 14.9 Å². The molecular formula is C9H5FIN3OS. The highest BCUT2D eigenvalue weighted by Gasteiger charge is 2.10. The summed E-state index contributed by atoms with van der Waals surface area (Å²) in [5, 5.41) is 6.22. The predicted octanol–water partition coefficient (Wildman–Crippen LogP) is 2.53. The molecule has 16 heavy (non-hydrogen) atoms. The number of amides is 1. The number of halogens is 2. The molecule has 1 N–H and O–H groups in total. The van der Waals surface area contributed by atoms with E-state index in [0.717, 1.165) is 11.5 Å². The molecule has 0 saturated heterocycles. The van der Waals surface area contributed by atoms with Gasteiger partial charge in [0.05, 0.1) is 11.9 Å². The lowest BCUT2D eigenvalue weighted by atomic mass is 10.3. The van der Waals surface area contributed by atoms with Crippen molar-refractivity contribution < 1.29 is 9.18 Å². The molecule has 0 bridgehead atoms. The lowest BCUT2D eigenvalue weighted by Crippen LogP contribution is -2.11. The molecule has 0 atom stereocenters. The van der Waals surface area contributed by atoms with Crippen LogP contribution in [0.3, 0.4) is 0 Å². The monoisotopic (exact) mass is 349 g/mol. The van der Waals surface area contributed by atoms with E-state index in [1.807, 2.05) is 22.6 Å². The Kier molecular flexibility index (Phi) is 3.44. The fourth-order valence-corrected chi connectivity index (χ4v) is 2.06. The van der Waals surface area contributed by atoms with Crippen LogP contribution in [0.1, 0.15) is 9.67 Å². The van der Waals surface area contributed by atoms with Gasteiger partial charge < -0.3 is 5.32 Å². The van der Waals surface area contributed by atoms with Gasteiger partial charge in [0.25, 0.3) is 5.91 Å². The molecule has 1 amide bonds. The molecule has 0 saturated carbocycles. The third kappa shape index (κ3) is 2.53. The maximum atomic E-state index is 12.8. The van der Waals surface area contributed by atoms with Crippen LogP contribution in [0.5, 0.6) is 0 Å². The molecule has 4 nitrogen and oxygen atoms in total. The number of aromatic nitrogens is 2. The zero-order chi connectivity index (χ0) is 11.5. The molecule has 0 spiro atoms. The molecular weight excluding hydrogens is 344 g/mol. The summed E-state index contributed by atoms with van der Waals surface area (Å²) in [5.74, 6) is -0.624. The molecule has 0 fully saturated rings. The number of hydrogen-bond acceptors (Lipinski definition) is 4. The molecule has 0 aliphatic heterocycles. The van der Waals surface area contributed by atoms with E-state index in [4.69, 9.17) is 0 Å². The maximum Gasteiger partial charge on any atom is 0.269 e. The van der Waals surface area contributed by atoms with Gasteiger partial charge in [0.15, 0.2) is 0 Å². The van der Waals surface area contributed by atoms with Gasteiger partial charge in [-0.1, -0.05) is 4.49 Å². The number of anilines is 1. The number of nitrogens with one attached hydrogen (secondary N) is 1. The topological polar surface area (TPSA) is 54.9 Å². The Morgan fingerprint density at radius 1 is 1.50 bits per heavy atom. The number of benzene rings is 1. The van der Waals surface area contributed by atoms with Gasteiger partial charge in [-0.25, -0.2) is 4.39 Å². The molecule has 0 aliphatic rings. The second kappa shape index (κ2) is 4.83. The second-order valence-corrected chi connectivity index (χ2v) is 4.81. The number of carbonyl (C=O) groups is 1. The minimum Gasteiger partial charge on any atom is -0.320 e. The molecule has 0 radical (unpaired) electrons. The zero-order valence-corrected chi connectivity index (χ0v) is 10.8. The van der Waals surface area contributed by atoms with E-state index in [1.54, 1.807) is 0 Å². The summed E-state index contributed by atoms with van der Waals surface area (Å²) in [7, 11) is 0. The molecule has 0 aliphatic carbocycles. The van der Waals surface area contributed by atoms with Crippen LogP contribution in [0.15, 0.2) is 24.4 Å². The first-order chi connectivity index (χ1) is 7.66. The van der Waals surface area contributed by atoms with Crippen LogP contribution in [0.2, 0.25) is 0 Å². The quantitative estimate of drug-likeness (QED) is 0.848. The van der Waals surface area contributed by atoms with Crippen LogP contribution in [-0.4, -0.2) is 15.5 Å². The highest BCUT2D eigenvalue weighted by molar-refractivity contribution is 14.1. The van der Waals surface area contributed by atoms with Gasteiger partial charge in [0.2, 0.25) is 0 Å². The van der Waals surface area contributed by atoms with E-state index in [0.29, 0.717) is 14.1 Å². The van der Waals surface area contributed by atoms with Crippen LogP contribution in [-0.2, 0) is 0 Å². The summed E-state index contributed by atoms with van der Waals surface area (Å²) in [6.07, 6.45) is 1.39. The lowest BCUT2D eigenvalue weighted by Gasteiger charge is -2.05. The highest BCUT2D eigenvalue weighted by atomic mass is 127. The van der Waals surface area contributed by atoms with E-state index >= 15 is 0 Å². The van der Waals surface area contributed by atoms with Gasteiger partial charge >= 0.3 is 0 Å². The van der Waals surface area contributed by atoms with Gasteiger partial charge in [-0.15, -0.1) is 5.10 Å². The van der Waals surface area contributed by atoms with Crippen molar-refractivity contribution in [2.24, 2.45) is 0 Å². The number of carbonyl (C=O) groups excluding carboxylic acids is 1. The molecule has 1 heterocycles. The van der Waals surface area contributed by atoms with Gasteiger partial charge in [0, 0.05) is 3.57 Å². The van der Waals surface area contributed by atoms with Crippen molar-refractivity contribution in [3.05, 3.63) is 38.7 Å². The number of hydrogen-bond donors (Lipinski definition) is 1. The van der Waals surface area contributed by atoms with Crippen LogP contribution in [0, 0.1) is 9.39 Å². The Balaban J connectivity index is 2.18. The summed E-state index contributed by atoms with van der Waals surface area (Å²) in [6.45, 7) is 0. The van der Waals surface area contributed by atoms with Crippen molar-refractivity contribution in [2.75, 3.05) is 5.32 Å². The highest BCUT2D eigenvalue weighted by Crippen LogP contribution is 2.20.